The van der Waals surface area contributed by atoms with Crippen LogP contribution >= 0.6 is 0 Å². The Labute approximate surface area is 127 Å². The number of hydrazine groups is 1. The van der Waals surface area contributed by atoms with Crippen molar-refractivity contribution in [1.82, 2.24) is 10.3 Å². The van der Waals surface area contributed by atoms with Gasteiger partial charge in [-0.15, -0.1) is 0 Å². The van der Waals surface area contributed by atoms with Crippen LogP contribution in [0.15, 0.2) is 59.6 Å². The molecule has 6 heteroatoms. The van der Waals surface area contributed by atoms with Crippen molar-refractivity contribution < 1.29 is 9.83 Å². The first-order valence-electron chi connectivity index (χ1n) is 7.35. The minimum absolute atomic E-state index is 0.0518. The number of carbonyl (C=O) groups is 1. The van der Waals surface area contributed by atoms with Crippen molar-refractivity contribution >= 4 is 5.78 Å². The standard InChI is InChI=1S/C16H15N3O3/c20-13-7-8-14-16(9-3-4-10-17-15(13)16)11-5-1-2-6-12(11)18(14)19(21)22/h3-6,8-10,15,17H,1-2,7H2. The molecule has 2 atom stereocenters. The minimum Gasteiger partial charge on any atom is -0.380 e. The van der Waals surface area contributed by atoms with Gasteiger partial charge in [-0.3, -0.25) is 4.79 Å². The number of allylic oxidation sites excluding steroid dienone is 6. The lowest BCUT2D eigenvalue weighted by Gasteiger charge is -2.37. The van der Waals surface area contributed by atoms with E-state index < -0.39 is 11.5 Å². The second-order valence-electron chi connectivity index (χ2n) is 5.78. The van der Waals surface area contributed by atoms with Gasteiger partial charge in [0.1, 0.15) is 17.4 Å². The van der Waals surface area contributed by atoms with Gasteiger partial charge in [0, 0.05) is 6.42 Å². The highest BCUT2D eigenvalue weighted by Crippen LogP contribution is 2.57. The van der Waals surface area contributed by atoms with Crippen molar-refractivity contribution in [2.75, 3.05) is 0 Å². The predicted octanol–water partition coefficient (Wildman–Crippen LogP) is 1.98. The maximum absolute atomic E-state index is 12.5. The molecule has 4 aliphatic rings. The van der Waals surface area contributed by atoms with E-state index in [1.807, 2.05) is 30.4 Å². The molecule has 112 valence electrons. The summed E-state index contributed by atoms with van der Waals surface area (Å²) < 4.78 is 0. The Morgan fingerprint density at radius 3 is 2.91 bits per heavy atom. The Balaban J connectivity index is 2.01. The Bertz CT molecular complexity index is 729. The molecule has 1 saturated heterocycles. The Morgan fingerprint density at radius 1 is 1.27 bits per heavy atom. The largest absolute Gasteiger partial charge is 0.380 e. The van der Waals surface area contributed by atoms with Crippen LogP contribution in [-0.2, 0) is 4.79 Å². The molecule has 2 aliphatic heterocycles. The lowest BCUT2D eigenvalue weighted by Crippen LogP contribution is -2.51. The molecule has 0 aromatic carbocycles. The molecule has 2 heterocycles. The molecule has 0 aromatic heterocycles. The fourth-order valence-electron chi connectivity index (χ4n) is 3.90. The fourth-order valence-corrected chi connectivity index (χ4v) is 3.90. The Morgan fingerprint density at radius 2 is 2.09 bits per heavy atom. The highest BCUT2D eigenvalue weighted by Gasteiger charge is 2.60. The molecule has 0 radical (unpaired) electrons. The summed E-state index contributed by atoms with van der Waals surface area (Å²) in [5.41, 5.74) is 1.27. The summed E-state index contributed by atoms with van der Waals surface area (Å²) >= 11 is 0. The molecule has 0 amide bonds. The van der Waals surface area contributed by atoms with E-state index in [-0.39, 0.29) is 17.2 Å². The average molecular weight is 297 g/mol. The highest BCUT2D eigenvalue weighted by molar-refractivity contribution is 5.91. The molecule has 2 unspecified atom stereocenters. The molecule has 1 spiro atoms. The molecule has 2 aliphatic carbocycles. The number of hydrogen-bond donors (Lipinski definition) is 1. The van der Waals surface area contributed by atoms with E-state index in [0.717, 1.165) is 23.4 Å². The maximum atomic E-state index is 12.5. The Kier molecular flexibility index (Phi) is 2.63. The lowest BCUT2D eigenvalue weighted by molar-refractivity contribution is -0.630. The van der Waals surface area contributed by atoms with E-state index in [2.05, 4.69) is 5.32 Å². The molecular weight excluding hydrogens is 282 g/mol. The average Bonchev–Trinajstić information content (AvgIpc) is 2.64. The summed E-state index contributed by atoms with van der Waals surface area (Å²) in [7, 11) is 0. The molecule has 0 bridgehead atoms. The summed E-state index contributed by atoms with van der Waals surface area (Å²) in [6.07, 6.45) is 14.8. The quantitative estimate of drug-likeness (QED) is 0.591. The van der Waals surface area contributed by atoms with E-state index in [4.69, 9.17) is 0 Å². The second-order valence-corrected chi connectivity index (χ2v) is 5.78. The number of nitro groups is 1. The van der Waals surface area contributed by atoms with E-state index in [1.54, 1.807) is 12.3 Å². The molecule has 0 aromatic rings. The second kappa shape index (κ2) is 4.43. The number of nitrogens with one attached hydrogen (secondary N) is 1. The third-order valence-corrected chi connectivity index (χ3v) is 4.72. The third kappa shape index (κ3) is 1.46. The van der Waals surface area contributed by atoms with Gasteiger partial charge >= 0.3 is 0 Å². The van der Waals surface area contributed by atoms with Gasteiger partial charge in [0.25, 0.3) is 0 Å². The van der Waals surface area contributed by atoms with Crippen LogP contribution < -0.4 is 5.32 Å². The van der Waals surface area contributed by atoms with Gasteiger partial charge in [-0.1, -0.05) is 29.3 Å². The monoisotopic (exact) mass is 297 g/mol. The predicted molar refractivity (Wildman–Crippen MR) is 79.6 cm³/mol. The SMILES string of the molecule is O=C1CC=C2N([N+](=O)[O-])C3=CCCC=C3C23C=CC=CNC13. The first-order valence-corrected chi connectivity index (χ1v) is 7.35. The van der Waals surface area contributed by atoms with Gasteiger partial charge in [-0.25, -0.2) is 10.1 Å². The summed E-state index contributed by atoms with van der Waals surface area (Å²) in [6.45, 7) is 0. The van der Waals surface area contributed by atoms with Crippen LogP contribution in [0.1, 0.15) is 19.3 Å². The van der Waals surface area contributed by atoms with E-state index >= 15 is 0 Å². The molecule has 1 fully saturated rings. The van der Waals surface area contributed by atoms with Crippen LogP contribution in [0.4, 0.5) is 0 Å². The topological polar surface area (TPSA) is 75.5 Å². The number of fused-ring (bicyclic) bond motifs is 1. The maximum Gasteiger partial charge on any atom is 0.169 e. The van der Waals surface area contributed by atoms with Crippen LogP contribution in [0, 0.1) is 15.5 Å². The number of rotatable bonds is 1. The van der Waals surface area contributed by atoms with E-state index in [1.165, 1.54) is 0 Å². The van der Waals surface area contributed by atoms with Gasteiger partial charge in [0.2, 0.25) is 0 Å². The summed E-state index contributed by atoms with van der Waals surface area (Å²) in [6, 6.07) is -0.500. The zero-order chi connectivity index (χ0) is 15.3. The van der Waals surface area contributed by atoms with Gasteiger partial charge in [-0.2, -0.15) is 0 Å². The smallest absolute Gasteiger partial charge is 0.169 e. The molecule has 6 nitrogen and oxygen atoms in total. The first kappa shape index (κ1) is 13.1. The van der Waals surface area contributed by atoms with Crippen molar-refractivity contribution in [3.8, 4) is 0 Å². The minimum atomic E-state index is -0.780. The van der Waals surface area contributed by atoms with Crippen LogP contribution in [0.25, 0.3) is 0 Å². The third-order valence-electron chi connectivity index (χ3n) is 4.72. The number of carbonyl (C=O) groups excluding carboxylic acids is 1. The summed E-state index contributed by atoms with van der Waals surface area (Å²) in [4.78, 5) is 24.1. The van der Waals surface area contributed by atoms with E-state index in [9.17, 15) is 14.9 Å². The van der Waals surface area contributed by atoms with Gasteiger partial charge in [-0.05, 0) is 36.8 Å². The summed E-state index contributed by atoms with van der Waals surface area (Å²) in [5.74, 6) is 0.0518. The zero-order valence-corrected chi connectivity index (χ0v) is 11.9. The van der Waals surface area contributed by atoms with Crippen LogP contribution in [-0.4, -0.2) is 21.9 Å². The van der Waals surface area contributed by atoms with Crippen molar-refractivity contribution in [2.45, 2.75) is 25.3 Å². The first-order chi connectivity index (χ1) is 10.7. The fraction of sp³-hybridized carbons (Fsp3) is 0.312. The van der Waals surface area contributed by atoms with Gasteiger partial charge in [0.15, 0.2) is 10.8 Å². The molecular formula is C16H15N3O3. The number of Topliss-reactive ketones (excluding diaryl/α,β-unsaturated/α-hetero) is 1. The molecule has 22 heavy (non-hydrogen) atoms. The zero-order valence-electron chi connectivity index (χ0n) is 11.9. The number of ketones is 1. The molecule has 4 rings (SSSR count). The highest BCUT2D eigenvalue weighted by atomic mass is 16.7. The normalized spacial score (nSPS) is 32.0. The van der Waals surface area contributed by atoms with Crippen molar-refractivity contribution in [1.29, 1.82) is 0 Å². The lowest BCUT2D eigenvalue weighted by atomic mass is 9.67. The number of hydrogen-bond acceptors (Lipinski definition) is 4. The molecule has 1 N–H and O–H groups in total. The van der Waals surface area contributed by atoms with Gasteiger partial charge in [0.05, 0.1) is 5.41 Å². The van der Waals surface area contributed by atoms with Crippen molar-refractivity contribution in [3.63, 3.8) is 0 Å². The van der Waals surface area contributed by atoms with Crippen LogP contribution in [0.2, 0.25) is 0 Å². The van der Waals surface area contributed by atoms with Crippen LogP contribution in [0.3, 0.4) is 0 Å². The Hall–Kier alpha value is -2.63. The van der Waals surface area contributed by atoms with Crippen molar-refractivity contribution in [3.05, 3.63) is 69.7 Å². The van der Waals surface area contributed by atoms with Crippen molar-refractivity contribution in [2.24, 2.45) is 5.41 Å². The molecule has 0 saturated carbocycles. The van der Waals surface area contributed by atoms with E-state index in [0.29, 0.717) is 11.4 Å². The van der Waals surface area contributed by atoms with Gasteiger partial charge < -0.3 is 5.32 Å². The number of nitrogens with zero attached hydrogens (tertiary/aromatic N) is 2. The van der Waals surface area contributed by atoms with Crippen LogP contribution in [0.5, 0.6) is 0 Å². The summed E-state index contributed by atoms with van der Waals surface area (Å²) in [5, 5.41) is 15.5.